The van der Waals surface area contributed by atoms with Crippen LogP contribution in [0.1, 0.15) is 12.7 Å². The number of halogens is 4. The van der Waals surface area contributed by atoms with Gasteiger partial charge in [-0.15, -0.1) is 0 Å². The van der Waals surface area contributed by atoms with Crippen molar-refractivity contribution in [1.82, 2.24) is 9.97 Å². The van der Waals surface area contributed by atoms with Gasteiger partial charge in [0, 0.05) is 11.6 Å². The van der Waals surface area contributed by atoms with Gasteiger partial charge in [-0.2, -0.15) is 13.2 Å². The molecule has 0 aliphatic rings. The summed E-state index contributed by atoms with van der Waals surface area (Å²) >= 11 is 5.64. The number of ether oxygens (including phenoxy) is 1. The molecule has 0 N–H and O–H groups in total. The molecule has 0 aliphatic carbocycles. The molecule has 0 aliphatic heterocycles. The Balaban J connectivity index is 2.56. The first-order chi connectivity index (χ1) is 9.41. The van der Waals surface area contributed by atoms with Gasteiger partial charge in [0.1, 0.15) is 10.9 Å². The highest BCUT2D eigenvalue weighted by atomic mass is 35.5. The molecule has 20 heavy (non-hydrogen) atoms. The highest BCUT2D eigenvalue weighted by molar-refractivity contribution is 6.29. The summed E-state index contributed by atoms with van der Waals surface area (Å²) in [6.45, 7) is 2.17. The minimum Gasteiger partial charge on any atom is -0.493 e. The van der Waals surface area contributed by atoms with Crippen LogP contribution in [0.2, 0.25) is 5.15 Å². The van der Waals surface area contributed by atoms with Crippen LogP contribution in [0.5, 0.6) is 5.75 Å². The lowest BCUT2D eigenvalue weighted by Crippen LogP contribution is -2.11. The molecule has 106 valence electrons. The van der Waals surface area contributed by atoms with E-state index in [1.54, 1.807) is 31.2 Å². The highest BCUT2D eigenvalue weighted by Crippen LogP contribution is 2.33. The van der Waals surface area contributed by atoms with Crippen molar-refractivity contribution in [3.8, 4) is 17.0 Å². The second-order valence-corrected chi connectivity index (χ2v) is 4.21. The average molecular weight is 303 g/mol. The molecule has 0 bridgehead atoms. The summed E-state index contributed by atoms with van der Waals surface area (Å²) in [5.74, 6) is -0.829. The lowest BCUT2D eigenvalue weighted by Gasteiger charge is -2.11. The largest absolute Gasteiger partial charge is 0.493 e. The molecule has 1 aromatic carbocycles. The number of hydrogen-bond donors (Lipinski definition) is 0. The van der Waals surface area contributed by atoms with E-state index in [1.807, 2.05) is 0 Å². The molecule has 0 atom stereocenters. The number of nitrogens with zero attached hydrogens (tertiary/aromatic N) is 2. The average Bonchev–Trinajstić information content (AvgIpc) is 2.38. The van der Waals surface area contributed by atoms with Crippen LogP contribution in [0.4, 0.5) is 13.2 Å². The molecule has 0 radical (unpaired) electrons. The van der Waals surface area contributed by atoms with Gasteiger partial charge in [-0.05, 0) is 19.1 Å². The van der Waals surface area contributed by atoms with E-state index in [2.05, 4.69) is 9.97 Å². The van der Waals surface area contributed by atoms with E-state index in [-0.39, 0.29) is 10.8 Å². The fourth-order valence-corrected chi connectivity index (χ4v) is 1.83. The third-order valence-electron chi connectivity index (χ3n) is 2.41. The van der Waals surface area contributed by atoms with Crippen LogP contribution in [-0.4, -0.2) is 16.6 Å². The highest BCUT2D eigenvalue weighted by Gasteiger charge is 2.35. The van der Waals surface area contributed by atoms with Crippen molar-refractivity contribution in [2.24, 2.45) is 0 Å². The van der Waals surface area contributed by atoms with Crippen molar-refractivity contribution in [2.75, 3.05) is 6.61 Å². The first-order valence-electron chi connectivity index (χ1n) is 5.75. The lowest BCUT2D eigenvalue weighted by molar-refractivity contribution is -0.144. The van der Waals surface area contributed by atoms with Gasteiger partial charge in [0.05, 0.1) is 12.3 Å². The fraction of sp³-hybridized carbons (Fsp3) is 0.231. The summed E-state index contributed by atoms with van der Waals surface area (Å²) in [7, 11) is 0. The number of hydrogen-bond acceptors (Lipinski definition) is 3. The Kier molecular flexibility index (Phi) is 4.13. The van der Waals surface area contributed by atoms with Crippen molar-refractivity contribution in [3.05, 3.63) is 41.3 Å². The number of benzene rings is 1. The maximum Gasteiger partial charge on any atom is 0.451 e. The van der Waals surface area contributed by atoms with E-state index in [0.717, 1.165) is 0 Å². The molecule has 2 rings (SSSR count). The minimum atomic E-state index is -4.65. The van der Waals surface area contributed by atoms with Crippen LogP contribution in [0.25, 0.3) is 11.3 Å². The van der Waals surface area contributed by atoms with E-state index in [9.17, 15) is 13.2 Å². The summed E-state index contributed by atoms with van der Waals surface area (Å²) in [6.07, 6.45) is -4.65. The van der Waals surface area contributed by atoms with E-state index in [4.69, 9.17) is 16.3 Å². The molecule has 0 fully saturated rings. The zero-order valence-electron chi connectivity index (χ0n) is 10.4. The van der Waals surface area contributed by atoms with Gasteiger partial charge < -0.3 is 4.74 Å². The predicted molar refractivity (Wildman–Crippen MR) is 68.6 cm³/mol. The second-order valence-electron chi connectivity index (χ2n) is 3.83. The number of aromatic nitrogens is 2. The van der Waals surface area contributed by atoms with Crippen molar-refractivity contribution < 1.29 is 17.9 Å². The quantitative estimate of drug-likeness (QED) is 0.796. The van der Waals surface area contributed by atoms with Crippen molar-refractivity contribution >= 4 is 11.6 Å². The molecule has 2 aromatic rings. The van der Waals surface area contributed by atoms with Crippen LogP contribution >= 0.6 is 11.6 Å². The smallest absolute Gasteiger partial charge is 0.451 e. The van der Waals surface area contributed by atoms with Crippen molar-refractivity contribution in [1.29, 1.82) is 0 Å². The van der Waals surface area contributed by atoms with E-state index < -0.39 is 12.0 Å². The first kappa shape index (κ1) is 14.6. The van der Waals surface area contributed by atoms with Crippen LogP contribution in [0.15, 0.2) is 30.3 Å². The van der Waals surface area contributed by atoms with Crippen molar-refractivity contribution in [3.63, 3.8) is 0 Å². The number of alkyl halides is 3. The Morgan fingerprint density at radius 2 is 1.90 bits per heavy atom. The van der Waals surface area contributed by atoms with Crippen LogP contribution in [-0.2, 0) is 6.18 Å². The summed E-state index contributed by atoms with van der Waals surface area (Å²) in [4.78, 5) is 6.71. The van der Waals surface area contributed by atoms with Gasteiger partial charge in [-0.3, -0.25) is 0 Å². The molecule has 0 unspecified atom stereocenters. The lowest BCUT2D eigenvalue weighted by atomic mass is 10.1. The maximum atomic E-state index is 12.7. The Bertz CT molecular complexity index is 617. The van der Waals surface area contributed by atoms with Crippen molar-refractivity contribution in [2.45, 2.75) is 13.1 Å². The third kappa shape index (κ3) is 3.19. The zero-order valence-corrected chi connectivity index (χ0v) is 11.2. The Hall–Kier alpha value is -1.82. The number of rotatable bonds is 3. The summed E-state index contributed by atoms with van der Waals surface area (Å²) in [5.41, 5.74) is 0.505. The SMILES string of the molecule is CCOc1ccccc1-c1cc(Cl)nc(C(F)(F)F)n1. The summed E-state index contributed by atoms with van der Waals surface area (Å²) < 4.78 is 43.5. The monoisotopic (exact) mass is 302 g/mol. The van der Waals surface area contributed by atoms with Crippen LogP contribution < -0.4 is 4.74 Å². The first-order valence-corrected chi connectivity index (χ1v) is 6.13. The van der Waals surface area contributed by atoms with E-state index in [0.29, 0.717) is 17.9 Å². The maximum absolute atomic E-state index is 12.7. The van der Waals surface area contributed by atoms with Gasteiger partial charge in [0.15, 0.2) is 0 Å². The zero-order chi connectivity index (χ0) is 14.8. The van der Waals surface area contributed by atoms with Crippen LogP contribution in [0, 0.1) is 0 Å². The predicted octanol–water partition coefficient (Wildman–Crippen LogP) is 4.21. The molecule has 0 saturated heterocycles. The molecular weight excluding hydrogens is 293 g/mol. The summed E-state index contributed by atoms with van der Waals surface area (Å²) in [5, 5.41) is -0.270. The topological polar surface area (TPSA) is 35.0 Å². The van der Waals surface area contributed by atoms with Gasteiger partial charge in [0.2, 0.25) is 5.82 Å². The normalized spacial score (nSPS) is 11.4. The fourth-order valence-electron chi connectivity index (χ4n) is 1.64. The van der Waals surface area contributed by atoms with Gasteiger partial charge in [-0.25, -0.2) is 9.97 Å². The molecule has 0 saturated carbocycles. The molecule has 1 heterocycles. The summed E-state index contributed by atoms with van der Waals surface area (Å²) in [6, 6.07) is 7.95. The minimum absolute atomic E-state index is 0.0707. The molecule has 7 heteroatoms. The Morgan fingerprint density at radius 3 is 2.55 bits per heavy atom. The molecule has 1 aromatic heterocycles. The van der Waals surface area contributed by atoms with Gasteiger partial charge in [0.25, 0.3) is 0 Å². The Morgan fingerprint density at radius 1 is 1.20 bits per heavy atom. The number of para-hydroxylation sites is 1. The Labute approximate surface area is 118 Å². The third-order valence-corrected chi connectivity index (χ3v) is 2.60. The molecule has 0 spiro atoms. The van der Waals surface area contributed by atoms with E-state index >= 15 is 0 Å². The molecule has 3 nitrogen and oxygen atoms in total. The standard InChI is InChI=1S/C13H10ClF3N2O/c1-2-20-10-6-4-3-5-8(10)9-7-11(14)19-12(18-9)13(15,16)17/h3-7H,2H2,1H3. The second kappa shape index (κ2) is 5.66. The van der Waals surface area contributed by atoms with Crippen LogP contribution in [0.3, 0.4) is 0 Å². The molecule has 0 amide bonds. The molecular formula is C13H10ClF3N2O. The van der Waals surface area contributed by atoms with E-state index in [1.165, 1.54) is 6.07 Å². The van der Waals surface area contributed by atoms with Gasteiger partial charge in [-0.1, -0.05) is 23.7 Å². The van der Waals surface area contributed by atoms with Gasteiger partial charge >= 0.3 is 6.18 Å².